The SMILES string of the molecule is CCNC(=S)N/N=C\c1ccc(-c2cccc(F)c2)o1. The Labute approximate surface area is 121 Å². The average Bonchev–Trinajstić information content (AvgIpc) is 2.88. The number of hydrogen-bond acceptors (Lipinski definition) is 3. The third-order valence-electron chi connectivity index (χ3n) is 2.43. The van der Waals surface area contributed by atoms with Crippen molar-refractivity contribution in [2.24, 2.45) is 5.10 Å². The average molecular weight is 291 g/mol. The first-order chi connectivity index (χ1) is 9.69. The molecule has 0 spiro atoms. The van der Waals surface area contributed by atoms with E-state index in [9.17, 15) is 4.39 Å². The van der Waals surface area contributed by atoms with Crippen LogP contribution in [0, 0.1) is 5.82 Å². The van der Waals surface area contributed by atoms with Gasteiger partial charge in [-0.05, 0) is 43.4 Å². The molecule has 0 saturated carbocycles. The molecule has 0 aliphatic rings. The molecule has 0 amide bonds. The van der Waals surface area contributed by atoms with Crippen LogP contribution in [0.1, 0.15) is 12.7 Å². The van der Waals surface area contributed by atoms with Crippen LogP contribution in [-0.2, 0) is 0 Å². The van der Waals surface area contributed by atoms with Gasteiger partial charge in [0.25, 0.3) is 0 Å². The number of hydrogen-bond donors (Lipinski definition) is 2. The van der Waals surface area contributed by atoms with Gasteiger partial charge in [-0.3, -0.25) is 5.43 Å². The number of rotatable bonds is 4. The smallest absolute Gasteiger partial charge is 0.186 e. The Bertz CT molecular complexity index is 624. The third-order valence-corrected chi connectivity index (χ3v) is 2.67. The van der Waals surface area contributed by atoms with Crippen molar-refractivity contribution >= 4 is 23.5 Å². The van der Waals surface area contributed by atoms with E-state index in [0.29, 0.717) is 22.2 Å². The van der Waals surface area contributed by atoms with Gasteiger partial charge >= 0.3 is 0 Å². The van der Waals surface area contributed by atoms with Gasteiger partial charge in [0.2, 0.25) is 0 Å². The van der Waals surface area contributed by atoms with Gasteiger partial charge in [-0.1, -0.05) is 12.1 Å². The zero-order chi connectivity index (χ0) is 14.4. The van der Waals surface area contributed by atoms with Gasteiger partial charge in [-0.25, -0.2) is 4.39 Å². The second-order valence-electron chi connectivity index (χ2n) is 3.94. The van der Waals surface area contributed by atoms with E-state index in [0.717, 1.165) is 6.54 Å². The van der Waals surface area contributed by atoms with E-state index in [1.165, 1.54) is 18.3 Å². The first kappa shape index (κ1) is 14.2. The lowest BCUT2D eigenvalue weighted by atomic mass is 10.2. The van der Waals surface area contributed by atoms with E-state index < -0.39 is 0 Å². The summed E-state index contributed by atoms with van der Waals surface area (Å²) in [6, 6.07) is 9.73. The van der Waals surface area contributed by atoms with Crippen molar-refractivity contribution in [3.05, 3.63) is 48.0 Å². The minimum Gasteiger partial charge on any atom is -0.455 e. The van der Waals surface area contributed by atoms with Crippen LogP contribution in [0.15, 0.2) is 45.9 Å². The molecule has 0 fully saturated rings. The Morgan fingerprint density at radius 2 is 2.25 bits per heavy atom. The molecule has 0 aliphatic heterocycles. The van der Waals surface area contributed by atoms with Crippen LogP contribution >= 0.6 is 12.2 Å². The summed E-state index contributed by atoms with van der Waals surface area (Å²) in [5, 5.41) is 7.29. The van der Waals surface area contributed by atoms with Gasteiger partial charge in [-0.2, -0.15) is 5.10 Å². The quantitative estimate of drug-likeness (QED) is 0.516. The van der Waals surface area contributed by atoms with Crippen LogP contribution in [0.2, 0.25) is 0 Å². The van der Waals surface area contributed by atoms with Gasteiger partial charge in [0.15, 0.2) is 5.11 Å². The summed E-state index contributed by atoms with van der Waals surface area (Å²) in [5.41, 5.74) is 3.34. The molecule has 0 bridgehead atoms. The molecule has 0 radical (unpaired) electrons. The van der Waals surface area contributed by atoms with Crippen molar-refractivity contribution < 1.29 is 8.81 Å². The van der Waals surface area contributed by atoms with Gasteiger partial charge in [0, 0.05) is 12.1 Å². The van der Waals surface area contributed by atoms with Gasteiger partial charge < -0.3 is 9.73 Å². The van der Waals surface area contributed by atoms with Crippen LogP contribution < -0.4 is 10.7 Å². The maximum atomic E-state index is 13.1. The van der Waals surface area contributed by atoms with Crippen LogP contribution in [0.25, 0.3) is 11.3 Å². The van der Waals surface area contributed by atoms with Gasteiger partial charge in [-0.15, -0.1) is 0 Å². The number of nitrogens with zero attached hydrogens (tertiary/aromatic N) is 1. The van der Waals surface area contributed by atoms with E-state index in [1.54, 1.807) is 24.3 Å². The fourth-order valence-corrected chi connectivity index (χ4v) is 1.77. The molecule has 1 aromatic heterocycles. The largest absolute Gasteiger partial charge is 0.455 e. The number of benzene rings is 1. The third kappa shape index (κ3) is 3.89. The Morgan fingerprint density at radius 1 is 1.40 bits per heavy atom. The standard InChI is InChI=1S/C14H14FN3OS/c1-2-16-14(20)18-17-9-12-6-7-13(19-12)10-4-3-5-11(15)8-10/h3-9H,2H2,1H3,(H2,16,18,20)/b17-9-. The zero-order valence-electron chi connectivity index (χ0n) is 10.9. The van der Waals surface area contributed by atoms with Crippen molar-refractivity contribution in [1.29, 1.82) is 0 Å². The van der Waals surface area contributed by atoms with E-state index in [-0.39, 0.29) is 5.82 Å². The second-order valence-corrected chi connectivity index (χ2v) is 4.35. The molecule has 104 valence electrons. The van der Waals surface area contributed by atoms with E-state index in [4.69, 9.17) is 16.6 Å². The maximum absolute atomic E-state index is 13.1. The number of nitrogens with one attached hydrogen (secondary N) is 2. The molecule has 0 atom stereocenters. The predicted molar refractivity (Wildman–Crippen MR) is 81.1 cm³/mol. The molecule has 2 aromatic rings. The molecule has 20 heavy (non-hydrogen) atoms. The molecule has 0 unspecified atom stereocenters. The first-order valence-electron chi connectivity index (χ1n) is 6.11. The predicted octanol–water partition coefficient (Wildman–Crippen LogP) is 2.90. The van der Waals surface area contributed by atoms with Gasteiger partial charge in [0.05, 0.1) is 6.21 Å². The molecule has 2 rings (SSSR count). The fourth-order valence-electron chi connectivity index (χ4n) is 1.57. The topological polar surface area (TPSA) is 49.6 Å². The lowest BCUT2D eigenvalue weighted by molar-refractivity contribution is 0.572. The van der Waals surface area contributed by atoms with Crippen molar-refractivity contribution in [2.45, 2.75) is 6.92 Å². The fraction of sp³-hybridized carbons (Fsp3) is 0.143. The Kier molecular flexibility index (Phi) is 4.84. The van der Waals surface area contributed by atoms with E-state index in [2.05, 4.69) is 15.8 Å². The number of halogens is 1. The highest BCUT2D eigenvalue weighted by molar-refractivity contribution is 7.80. The first-order valence-corrected chi connectivity index (χ1v) is 6.52. The summed E-state index contributed by atoms with van der Waals surface area (Å²) in [4.78, 5) is 0. The minimum absolute atomic E-state index is 0.299. The summed E-state index contributed by atoms with van der Waals surface area (Å²) in [5.74, 6) is 0.836. The summed E-state index contributed by atoms with van der Waals surface area (Å²) >= 11 is 4.96. The minimum atomic E-state index is -0.299. The Balaban J connectivity index is 2.02. The van der Waals surface area contributed by atoms with Crippen molar-refractivity contribution in [3.63, 3.8) is 0 Å². The highest BCUT2D eigenvalue weighted by atomic mass is 32.1. The monoisotopic (exact) mass is 291 g/mol. The highest BCUT2D eigenvalue weighted by Gasteiger charge is 2.04. The number of furan rings is 1. The lowest BCUT2D eigenvalue weighted by Gasteiger charge is -2.01. The normalized spacial score (nSPS) is 10.7. The molecular weight excluding hydrogens is 277 g/mol. The van der Waals surface area contributed by atoms with Gasteiger partial charge in [0.1, 0.15) is 17.3 Å². The van der Waals surface area contributed by atoms with Crippen molar-refractivity contribution in [3.8, 4) is 11.3 Å². The molecule has 0 aliphatic carbocycles. The highest BCUT2D eigenvalue weighted by Crippen LogP contribution is 2.21. The molecule has 4 nitrogen and oxygen atoms in total. The Hall–Kier alpha value is -2.21. The van der Waals surface area contributed by atoms with Crippen molar-refractivity contribution in [2.75, 3.05) is 6.54 Å². The molecule has 0 saturated heterocycles. The lowest BCUT2D eigenvalue weighted by Crippen LogP contribution is -2.31. The molecule has 2 N–H and O–H groups in total. The molecule has 6 heteroatoms. The van der Waals surface area contributed by atoms with E-state index in [1.807, 2.05) is 6.92 Å². The van der Waals surface area contributed by atoms with Crippen LogP contribution in [0.3, 0.4) is 0 Å². The summed E-state index contributed by atoms with van der Waals surface area (Å²) < 4.78 is 18.7. The summed E-state index contributed by atoms with van der Waals surface area (Å²) in [6.45, 7) is 2.67. The molecular formula is C14H14FN3OS. The number of hydrazone groups is 1. The number of thiocarbonyl (C=S) groups is 1. The van der Waals surface area contributed by atoms with Crippen LogP contribution in [-0.4, -0.2) is 17.9 Å². The van der Waals surface area contributed by atoms with Crippen LogP contribution in [0.4, 0.5) is 4.39 Å². The van der Waals surface area contributed by atoms with E-state index >= 15 is 0 Å². The van der Waals surface area contributed by atoms with Crippen molar-refractivity contribution in [1.82, 2.24) is 10.7 Å². The summed E-state index contributed by atoms with van der Waals surface area (Å²) in [6.07, 6.45) is 1.51. The Morgan fingerprint density at radius 3 is 3.00 bits per heavy atom. The summed E-state index contributed by atoms with van der Waals surface area (Å²) in [7, 11) is 0. The molecule has 1 aromatic carbocycles. The second kappa shape index (κ2) is 6.81. The maximum Gasteiger partial charge on any atom is 0.186 e. The van der Waals surface area contributed by atoms with Crippen LogP contribution in [0.5, 0.6) is 0 Å². The molecule has 1 heterocycles. The zero-order valence-corrected chi connectivity index (χ0v) is 11.7.